The Labute approximate surface area is 166 Å². The van der Waals surface area contributed by atoms with Crippen LogP contribution in [0.25, 0.3) is 0 Å². The third-order valence-electron chi connectivity index (χ3n) is 3.22. The summed E-state index contributed by atoms with van der Waals surface area (Å²) in [6.07, 6.45) is -6.31. The Morgan fingerprint density at radius 2 is 1.73 bits per heavy atom. The van der Waals surface area contributed by atoms with E-state index in [0.717, 1.165) is 18.2 Å². The van der Waals surface area contributed by atoms with E-state index in [1.54, 1.807) is 24.4 Å². The van der Waals surface area contributed by atoms with Crippen LogP contribution >= 0.6 is 0 Å². The number of halogens is 6. The molecule has 1 aromatic carbocycles. The maximum atomic E-state index is 12.4. The third kappa shape index (κ3) is 8.80. The van der Waals surface area contributed by atoms with Gasteiger partial charge in [0.25, 0.3) is 0 Å². The Kier molecular flexibility index (Phi) is 7.61. The lowest BCUT2D eigenvalue weighted by atomic mass is 10.2. The molecule has 2 rings (SSSR count). The number of anilines is 1. The highest BCUT2D eigenvalue weighted by Crippen LogP contribution is 2.31. The van der Waals surface area contributed by atoms with E-state index in [1.807, 2.05) is 0 Å². The summed E-state index contributed by atoms with van der Waals surface area (Å²) in [4.78, 5) is 19.5. The van der Waals surface area contributed by atoms with Gasteiger partial charge in [0.2, 0.25) is 0 Å². The molecule has 2 aromatic rings. The number of aromatic nitrogens is 1. The van der Waals surface area contributed by atoms with Gasteiger partial charge in [-0.25, -0.2) is 9.79 Å². The molecule has 0 spiro atoms. The van der Waals surface area contributed by atoms with Crippen molar-refractivity contribution < 1.29 is 40.6 Å². The van der Waals surface area contributed by atoms with E-state index < -0.39 is 37.3 Å². The van der Waals surface area contributed by atoms with Gasteiger partial charge in [0.1, 0.15) is 11.5 Å². The lowest BCUT2D eigenvalue weighted by Crippen LogP contribution is -2.21. The summed E-state index contributed by atoms with van der Waals surface area (Å²) in [6.45, 7) is -3.28. The maximum absolute atomic E-state index is 12.4. The van der Waals surface area contributed by atoms with Crippen LogP contribution in [0.1, 0.15) is 5.69 Å². The Bertz CT molecular complexity index is 870. The van der Waals surface area contributed by atoms with Crippen molar-refractivity contribution in [2.45, 2.75) is 18.8 Å². The molecule has 0 fully saturated rings. The van der Waals surface area contributed by atoms with E-state index in [9.17, 15) is 31.1 Å². The van der Waals surface area contributed by atoms with E-state index >= 15 is 0 Å². The van der Waals surface area contributed by atoms with E-state index in [1.165, 1.54) is 6.21 Å². The van der Waals surface area contributed by atoms with Gasteiger partial charge < -0.3 is 14.8 Å². The second kappa shape index (κ2) is 9.94. The monoisotopic (exact) mass is 435 g/mol. The number of hydrogen-bond acceptors (Lipinski definition) is 4. The van der Waals surface area contributed by atoms with Crippen molar-refractivity contribution in [2.24, 2.45) is 4.99 Å². The first kappa shape index (κ1) is 23.0. The van der Waals surface area contributed by atoms with Crippen molar-refractivity contribution in [3.8, 4) is 11.5 Å². The minimum Gasteiger partial charge on any atom is -0.484 e. The molecule has 0 saturated carbocycles. The first-order valence-corrected chi connectivity index (χ1v) is 8.28. The number of aliphatic imine (C=N–C) groups is 1. The van der Waals surface area contributed by atoms with Gasteiger partial charge in [-0.3, -0.25) is 4.98 Å². The smallest absolute Gasteiger partial charge is 0.422 e. The normalized spacial score (nSPS) is 12.1. The number of alkyl halides is 6. The van der Waals surface area contributed by atoms with Crippen LogP contribution in [0.2, 0.25) is 0 Å². The number of rotatable bonds is 7. The fraction of sp³-hybridized carbons (Fsp3) is 0.278. The largest absolute Gasteiger partial charge is 0.484 e. The van der Waals surface area contributed by atoms with Gasteiger partial charge in [-0.1, -0.05) is 6.07 Å². The van der Waals surface area contributed by atoms with Gasteiger partial charge in [0, 0.05) is 30.6 Å². The van der Waals surface area contributed by atoms with Gasteiger partial charge in [-0.15, -0.1) is 0 Å². The van der Waals surface area contributed by atoms with Crippen molar-refractivity contribution in [3.63, 3.8) is 0 Å². The summed E-state index contributed by atoms with van der Waals surface area (Å²) in [7, 11) is 0. The van der Waals surface area contributed by atoms with Crippen LogP contribution in [0.3, 0.4) is 0 Å². The number of urea groups is 1. The van der Waals surface area contributed by atoms with E-state index in [4.69, 9.17) is 0 Å². The van der Waals surface area contributed by atoms with Gasteiger partial charge in [-0.2, -0.15) is 26.3 Å². The molecule has 2 amide bonds. The quantitative estimate of drug-likeness (QED) is 0.501. The molecular formula is C18H15F6N3O3. The van der Waals surface area contributed by atoms with Crippen LogP contribution in [0.15, 0.2) is 47.6 Å². The predicted octanol–water partition coefficient (Wildman–Crippen LogP) is 4.81. The van der Waals surface area contributed by atoms with Gasteiger partial charge in [0.15, 0.2) is 13.2 Å². The average molecular weight is 435 g/mol. The Morgan fingerprint density at radius 3 is 2.37 bits per heavy atom. The number of amides is 2. The van der Waals surface area contributed by atoms with Crippen LogP contribution in [0.5, 0.6) is 11.5 Å². The summed E-state index contributed by atoms with van der Waals surface area (Å²) >= 11 is 0. The number of nitrogens with zero attached hydrogens (tertiary/aromatic N) is 2. The second-order valence-electron chi connectivity index (χ2n) is 5.73. The molecule has 0 atom stereocenters. The molecule has 162 valence electrons. The van der Waals surface area contributed by atoms with Gasteiger partial charge >= 0.3 is 18.4 Å². The first-order valence-electron chi connectivity index (χ1n) is 8.28. The van der Waals surface area contributed by atoms with Crippen LogP contribution in [0, 0.1) is 0 Å². The van der Waals surface area contributed by atoms with Gasteiger partial charge in [0.05, 0.1) is 5.69 Å². The molecule has 30 heavy (non-hydrogen) atoms. The zero-order chi connectivity index (χ0) is 22.2. The van der Waals surface area contributed by atoms with E-state index in [0.29, 0.717) is 5.69 Å². The van der Waals surface area contributed by atoms with Crippen molar-refractivity contribution in [3.05, 3.63) is 48.3 Å². The number of carbonyl (C=O) groups excluding carboxylic acids is 1. The fourth-order valence-electron chi connectivity index (χ4n) is 2.04. The summed E-state index contributed by atoms with van der Waals surface area (Å²) < 4.78 is 83.2. The molecule has 1 aromatic heterocycles. The molecular weight excluding hydrogens is 420 g/mol. The molecule has 0 aliphatic carbocycles. The third-order valence-corrected chi connectivity index (χ3v) is 3.22. The highest BCUT2D eigenvalue weighted by Gasteiger charge is 2.30. The van der Waals surface area contributed by atoms with Crippen molar-refractivity contribution in [1.82, 2.24) is 4.98 Å². The highest BCUT2D eigenvalue weighted by atomic mass is 19.4. The van der Waals surface area contributed by atoms with Crippen molar-refractivity contribution >= 4 is 17.9 Å². The average Bonchev–Trinajstić information content (AvgIpc) is 2.65. The van der Waals surface area contributed by atoms with Gasteiger partial charge in [-0.05, 0) is 24.3 Å². The van der Waals surface area contributed by atoms with E-state index in [2.05, 4.69) is 24.8 Å². The summed E-state index contributed by atoms with van der Waals surface area (Å²) in [5.41, 5.74) is 0.282. The Balaban J connectivity index is 2.10. The SMILES string of the molecule is O=C(N=CCc1ccccn1)Nc1cc(OCC(F)(F)F)ccc1OCC(F)(F)F. The number of pyridine rings is 1. The minimum atomic E-state index is -4.66. The molecule has 0 radical (unpaired) electrons. The molecule has 0 aliphatic heterocycles. The summed E-state index contributed by atoms with van der Waals surface area (Å²) in [6, 6.07) is 6.98. The van der Waals surface area contributed by atoms with Crippen LogP contribution < -0.4 is 14.8 Å². The van der Waals surface area contributed by atoms with Crippen LogP contribution in [0.4, 0.5) is 36.8 Å². The molecule has 1 N–H and O–H groups in total. The number of carbonyl (C=O) groups is 1. The molecule has 0 aliphatic rings. The summed E-state index contributed by atoms with van der Waals surface area (Å²) in [5.74, 6) is -0.751. The predicted molar refractivity (Wildman–Crippen MR) is 95.0 cm³/mol. The fourth-order valence-corrected chi connectivity index (χ4v) is 2.04. The minimum absolute atomic E-state index is 0.209. The van der Waals surface area contributed by atoms with Crippen molar-refractivity contribution in [1.29, 1.82) is 0 Å². The zero-order valence-electron chi connectivity index (χ0n) is 15.1. The van der Waals surface area contributed by atoms with Crippen molar-refractivity contribution in [2.75, 3.05) is 18.5 Å². The Morgan fingerprint density at radius 1 is 1.03 bits per heavy atom. The summed E-state index contributed by atoms with van der Waals surface area (Å²) in [5, 5.41) is 2.16. The maximum Gasteiger partial charge on any atom is 0.422 e. The Hall–Kier alpha value is -3.31. The topological polar surface area (TPSA) is 72.8 Å². The lowest BCUT2D eigenvalue weighted by molar-refractivity contribution is -0.154. The van der Waals surface area contributed by atoms with Crippen LogP contribution in [-0.4, -0.2) is 42.8 Å². The molecule has 0 saturated heterocycles. The lowest BCUT2D eigenvalue weighted by Gasteiger charge is -2.15. The molecule has 6 nitrogen and oxygen atoms in total. The zero-order valence-corrected chi connectivity index (χ0v) is 15.1. The number of nitrogens with one attached hydrogen (secondary N) is 1. The number of ether oxygens (including phenoxy) is 2. The van der Waals surface area contributed by atoms with E-state index in [-0.39, 0.29) is 17.9 Å². The highest BCUT2D eigenvalue weighted by molar-refractivity contribution is 5.96. The number of hydrogen-bond donors (Lipinski definition) is 1. The standard InChI is InChI=1S/C18H15F6N3O3/c19-17(20,21)10-29-13-4-5-15(30-11-18(22,23)24)14(9-13)27-16(28)26-8-6-12-3-1-2-7-25-12/h1-5,7-9H,6,10-11H2,(H,27,28). The second-order valence-corrected chi connectivity index (χ2v) is 5.73. The molecule has 0 bridgehead atoms. The van der Waals surface area contributed by atoms with Crippen LogP contribution in [-0.2, 0) is 6.42 Å². The molecule has 0 unspecified atom stereocenters. The molecule has 1 heterocycles. The molecule has 12 heteroatoms. The number of benzene rings is 1. The first-order chi connectivity index (χ1) is 14.0.